The molecule has 0 aliphatic rings. The van der Waals surface area contributed by atoms with E-state index in [0.29, 0.717) is 5.92 Å². The Labute approximate surface area is 114 Å². The molecular formula is C15H23BrO. The van der Waals surface area contributed by atoms with Gasteiger partial charge in [0.15, 0.2) is 0 Å². The molecule has 1 aromatic rings. The second-order valence-electron chi connectivity index (χ2n) is 4.48. The van der Waals surface area contributed by atoms with Crippen LogP contribution in [0.15, 0.2) is 24.3 Å². The second-order valence-corrected chi connectivity index (χ2v) is 5.27. The van der Waals surface area contributed by atoms with E-state index in [1.165, 1.54) is 24.8 Å². The minimum Gasteiger partial charge on any atom is -0.494 e. The Bertz CT molecular complexity index is 294. The van der Waals surface area contributed by atoms with E-state index in [2.05, 4.69) is 54.0 Å². The van der Waals surface area contributed by atoms with E-state index >= 15 is 0 Å². The Morgan fingerprint density at radius 3 is 2.41 bits per heavy atom. The van der Waals surface area contributed by atoms with Crippen molar-refractivity contribution in [2.75, 3.05) is 11.9 Å². The van der Waals surface area contributed by atoms with Gasteiger partial charge in [0.1, 0.15) is 5.75 Å². The first-order chi connectivity index (χ1) is 8.27. The largest absolute Gasteiger partial charge is 0.494 e. The Morgan fingerprint density at radius 1 is 1.12 bits per heavy atom. The monoisotopic (exact) mass is 298 g/mol. The van der Waals surface area contributed by atoms with Crippen LogP contribution in [0.4, 0.5) is 0 Å². The molecule has 0 aliphatic carbocycles. The van der Waals surface area contributed by atoms with Gasteiger partial charge in [0, 0.05) is 5.33 Å². The lowest BCUT2D eigenvalue weighted by atomic mass is 9.99. The SMILES string of the molecule is CCC(C)c1ccc(OCCCCCBr)cc1. The minimum absolute atomic E-state index is 0.642. The van der Waals surface area contributed by atoms with Crippen LogP contribution in [0.3, 0.4) is 0 Å². The molecular weight excluding hydrogens is 276 g/mol. The summed E-state index contributed by atoms with van der Waals surface area (Å²) in [7, 11) is 0. The second kappa shape index (κ2) is 8.57. The van der Waals surface area contributed by atoms with Gasteiger partial charge in [0.05, 0.1) is 6.61 Å². The van der Waals surface area contributed by atoms with Crippen LogP contribution < -0.4 is 4.74 Å². The van der Waals surface area contributed by atoms with Gasteiger partial charge >= 0.3 is 0 Å². The quantitative estimate of drug-likeness (QED) is 0.477. The highest BCUT2D eigenvalue weighted by Crippen LogP contribution is 2.21. The molecule has 0 N–H and O–H groups in total. The van der Waals surface area contributed by atoms with Crippen molar-refractivity contribution in [1.29, 1.82) is 0 Å². The summed E-state index contributed by atoms with van der Waals surface area (Å²) in [5.41, 5.74) is 1.40. The zero-order valence-electron chi connectivity index (χ0n) is 10.9. The number of rotatable bonds is 8. The molecule has 0 fully saturated rings. The molecule has 0 saturated heterocycles. The topological polar surface area (TPSA) is 9.23 Å². The number of halogens is 1. The molecule has 1 rings (SSSR count). The van der Waals surface area contributed by atoms with Gasteiger partial charge in [0.2, 0.25) is 0 Å². The van der Waals surface area contributed by atoms with Gasteiger partial charge in [-0.15, -0.1) is 0 Å². The molecule has 0 saturated carbocycles. The molecule has 0 amide bonds. The van der Waals surface area contributed by atoms with E-state index in [1.807, 2.05) is 0 Å². The Hall–Kier alpha value is -0.500. The molecule has 0 aliphatic heterocycles. The van der Waals surface area contributed by atoms with Crippen LogP contribution in [-0.2, 0) is 0 Å². The minimum atomic E-state index is 0.642. The Kier molecular flexibility index (Phi) is 7.34. The van der Waals surface area contributed by atoms with Crippen LogP contribution in [0.5, 0.6) is 5.75 Å². The Balaban J connectivity index is 2.30. The van der Waals surface area contributed by atoms with Crippen molar-refractivity contribution in [3.8, 4) is 5.75 Å². The third-order valence-corrected chi connectivity index (χ3v) is 3.67. The first-order valence-electron chi connectivity index (χ1n) is 6.56. The third kappa shape index (κ3) is 5.58. The zero-order chi connectivity index (χ0) is 12.5. The molecule has 1 unspecified atom stereocenters. The summed E-state index contributed by atoms with van der Waals surface area (Å²) in [5.74, 6) is 1.64. The average Bonchev–Trinajstić information content (AvgIpc) is 2.38. The van der Waals surface area contributed by atoms with Gasteiger partial charge < -0.3 is 4.74 Å². The van der Waals surface area contributed by atoms with Crippen LogP contribution in [0.25, 0.3) is 0 Å². The van der Waals surface area contributed by atoms with E-state index in [0.717, 1.165) is 24.1 Å². The van der Waals surface area contributed by atoms with Gasteiger partial charge in [-0.1, -0.05) is 41.9 Å². The maximum atomic E-state index is 5.71. The van der Waals surface area contributed by atoms with E-state index < -0.39 is 0 Å². The van der Waals surface area contributed by atoms with Crippen LogP contribution in [0, 0.1) is 0 Å². The molecule has 17 heavy (non-hydrogen) atoms. The third-order valence-electron chi connectivity index (χ3n) is 3.11. The average molecular weight is 299 g/mol. The van der Waals surface area contributed by atoms with Crippen LogP contribution >= 0.6 is 15.9 Å². The molecule has 1 nitrogen and oxygen atoms in total. The summed E-state index contributed by atoms with van der Waals surface area (Å²) < 4.78 is 5.71. The standard InChI is InChI=1S/C15H23BrO/c1-3-13(2)14-7-9-15(10-8-14)17-12-6-4-5-11-16/h7-10,13H,3-6,11-12H2,1-2H3. The fourth-order valence-corrected chi connectivity index (χ4v) is 2.09. The zero-order valence-corrected chi connectivity index (χ0v) is 12.5. The lowest BCUT2D eigenvalue weighted by Gasteiger charge is -2.10. The van der Waals surface area contributed by atoms with Crippen molar-refractivity contribution in [2.24, 2.45) is 0 Å². The highest BCUT2D eigenvalue weighted by molar-refractivity contribution is 9.09. The fraction of sp³-hybridized carbons (Fsp3) is 0.600. The maximum Gasteiger partial charge on any atom is 0.119 e. The molecule has 0 spiro atoms. The molecule has 0 bridgehead atoms. The van der Waals surface area contributed by atoms with E-state index in [1.54, 1.807) is 0 Å². The lowest BCUT2D eigenvalue weighted by Crippen LogP contribution is -1.98. The van der Waals surface area contributed by atoms with Crippen molar-refractivity contribution in [1.82, 2.24) is 0 Å². The van der Waals surface area contributed by atoms with E-state index in [4.69, 9.17) is 4.74 Å². The van der Waals surface area contributed by atoms with Crippen molar-refractivity contribution in [3.63, 3.8) is 0 Å². The predicted molar refractivity (Wildman–Crippen MR) is 78.3 cm³/mol. The van der Waals surface area contributed by atoms with Gasteiger partial charge in [-0.2, -0.15) is 0 Å². The Morgan fingerprint density at radius 2 is 1.82 bits per heavy atom. The number of hydrogen-bond donors (Lipinski definition) is 0. The first kappa shape index (κ1) is 14.6. The van der Waals surface area contributed by atoms with Crippen molar-refractivity contribution in [2.45, 2.75) is 45.4 Å². The van der Waals surface area contributed by atoms with Crippen molar-refractivity contribution < 1.29 is 4.74 Å². The van der Waals surface area contributed by atoms with Gasteiger partial charge in [-0.05, 0) is 49.3 Å². The van der Waals surface area contributed by atoms with E-state index in [9.17, 15) is 0 Å². The van der Waals surface area contributed by atoms with Crippen molar-refractivity contribution in [3.05, 3.63) is 29.8 Å². The summed E-state index contributed by atoms with van der Waals surface area (Å²) in [4.78, 5) is 0. The fourth-order valence-electron chi connectivity index (χ4n) is 1.69. The van der Waals surface area contributed by atoms with Crippen LogP contribution in [0.2, 0.25) is 0 Å². The molecule has 1 aromatic carbocycles. The van der Waals surface area contributed by atoms with Crippen molar-refractivity contribution >= 4 is 15.9 Å². The molecule has 96 valence electrons. The molecule has 0 aromatic heterocycles. The smallest absolute Gasteiger partial charge is 0.119 e. The number of benzene rings is 1. The molecule has 0 radical (unpaired) electrons. The van der Waals surface area contributed by atoms with Gasteiger partial charge in [-0.3, -0.25) is 0 Å². The maximum absolute atomic E-state index is 5.71. The summed E-state index contributed by atoms with van der Waals surface area (Å²) >= 11 is 3.43. The van der Waals surface area contributed by atoms with E-state index in [-0.39, 0.29) is 0 Å². The van der Waals surface area contributed by atoms with Crippen LogP contribution in [-0.4, -0.2) is 11.9 Å². The normalized spacial score (nSPS) is 12.4. The number of unbranched alkanes of at least 4 members (excludes halogenated alkanes) is 2. The lowest BCUT2D eigenvalue weighted by molar-refractivity contribution is 0.306. The van der Waals surface area contributed by atoms with Crippen LogP contribution in [0.1, 0.15) is 51.0 Å². The molecule has 1 atom stereocenters. The summed E-state index contributed by atoms with van der Waals surface area (Å²) in [5, 5.41) is 1.09. The highest BCUT2D eigenvalue weighted by atomic mass is 79.9. The molecule has 0 heterocycles. The predicted octanol–water partition coefficient (Wildman–Crippen LogP) is 5.14. The summed E-state index contributed by atoms with van der Waals surface area (Å²) in [6, 6.07) is 8.54. The number of hydrogen-bond acceptors (Lipinski definition) is 1. The summed E-state index contributed by atoms with van der Waals surface area (Å²) in [6.45, 7) is 5.31. The number of alkyl halides is 1. The highest BCUT2D eigenvalue weighted by Gasteiger charge is 2.02. The van der Waals surface area contributed by atoms with Gasteiger partial charge in [0.25, 0.3) is 0 Å². The number of ether oxygens (including phenoxy) is 1. The molecule has 2 heteroatoms. The van der Waals surface area contributed by atoms with Gasteiger partial charge in [-0.25, -0.2) is 0 Å². The summed E-state index contributed by atoms with van der Waals surface area (Å²) in [6.07, 6.45) is 4.79. The first-order valence-corrected chi connectivity index (χ1v) is 7.68.